The monoisotopic (exact) mass is 369 g/mol. The second-order valence-corrected chi connectivity index (χ2v) is 7.87. The molecule has 7 nitrogen and oxygen atoms in total. The van der Waals surface area contributed by atoms with E-state index < -0.39 is 10.0 Å². The number of amides is 1. The van der Waals surface area contributed by atoms with Gasteiger partial charge in [-0.3, -0.25) is 4.79 Å². The number of ether oxygens (including phenoxy) is 1. The number of hydrogen-bond donors (Lipinski definition) is 2. The third-order valence-electron chi connectivity index (χ3n) is 4.19. The van der Waals surface area contributed by atoms with Crippen LogP contribution >= 0.6 is 0 Å². The van der Waals surface area contributed by atoms with Gasteiger partial charge in [0.1, 0.15) is 5.75 Å². The Balaban J connectivity index is 2.05. The number of rotatable bonds is 9. The predicted octanol–water partition coefficient (Wildman–Crippen LogP) is 1.73. The van der Waals surface area contributed by atoms with Crippen LogP contribution in [0.1, 0.15) is 32.3 Å². The summed E-state index contributed by atoms with van der Waals surface area (Å²) in [6.45, 7) is 8.71. The summed E-state index contributed by atoms with van der Waals surface area (Å²) < 4.78 is 33.2. The van der Waals surface area contributed by atoms with Crippen molar-refractivity contribution < 1.29 is 17.9 Å². The second kappa shape index (κ2) is 8.64. The molecule has 1 aliphatic heterocycles. The zero-order valence-electron chi connectivity index (χ0n) is 15.1. The molecule has 0 aromatic heterocycles. The van der Waals surface area contributed by atoms with E-state index in [1.807, 2.05) is 0 Å². The molecule has 0 atom stereocenters. The van der Waals surface area contributed by atoms with Gasteiger partial charge in [-0.1, -0.05) is 20.3 Å². The van der Waals surface area contributed by atoms with Gasteiger partial charge in [0, 0.05) is 19.2 Å². The molecule has 0 saturated carbocycles. The lowest BCUT2D eigenvalue weighted by Gasteiger charge is -2.21. The topological polar surface area (TPSA) is 87.7 Å². The first-order valence-electron chi connectivity index (χ1n) is 8.66. The van der Waals surface area contributed by atoms with Crippen LogP contribution in [0.2, 0.25) is 0 Å². The summed E-state index contributed by atoms with van der Waals surface area (Å²) in [4.78, 5) is 13.8. The number of carbonyl (C=O) groups is 1. The van der Waals surface area contributed by atoms with Crippen LogP contribution in [-0.4, -0.2) is 52.0 Å². The molecule has 0 unspecified atom stereocenters. The molecule has 140 valence electrons. The molecular formula is C17H27N3O4S. The number of nitrogens with one attached hydrogen (secondary N) is 2. The molecule has 0 spiro atoms. The minimum absolute atomic E-state index is 0.105. The molecule has 1 aromatic rings. The van der Waals surface area contributed by atoms with Gasteiger partial charge in [0.15, 0.2) is 6.61 Å². The zero-order valence-corrected chi connectivity index (χ0v) is 15.9. The Morgan fingerprint density at radius 3 is 2.72 bits per heavy atom. The Labute approximate surface area is 149 Å². The van der Waals surface area contributed by atoms with Gasteiger partial charge in [-0.2, -0.15) is 0 Å². The summed E-state index contributed by atoms with van der Waals surface area (Å²) in [5.74, 6) is 0.135. The van der Waals surface area contributed by atoms with Gasteiger partial charge in [-0.25, -0.2) is 13.1 Å². The van der Waals surface area contributed by atoms with E-state index in [4.69, 9.17) is 4.74 Å². The zero-order chi connectivity index (χ0) is 18.4. The molecule has 0 bridgehead atoms. The Bertz CT molecular complexity index is 719. The molecule has 1 amide bonds. The first kappa shape index (κ1) is 19.7. The first-order valence-corrected chi connectivity index (χ1v) is 10.1. The first-order chi connectivity index (χ1) is 11.9. The maximum Gasteiger partial charge on any atom is 0.262 e. The lowest BCUT2D eigenvalue weighted by atomic mass is 10.2. The fourth-order valence-corrected chi connectivity index (χ4v) is 3.99. The Kier molecular flexibility index (Phi) is 6.80. The third-order valence-corrected chi connectivity index (χ3v) is 5.80. The quantitative estimate of drug-likeness (QED) is 0.692. The van der Waals surface area contributed by atoms with E-state index in [0.29, 0.717) is 30.1 Å². The van der Waals surface area contributed by atoms with Crippen molar-refractivity contribution >= 4 is 21.6 Å². The minimum atomic E-state index is -3.63. The van der Waals surface area contributed by atoms with E-state index in [-0.39, 0.29) is 17.4 Å². The van der Waals surface area contributed by atoms with Crippen LogP contribution in [0.25, 0.3) is 0 Å². The average Bonchev–Trinajstić information content (AvgIpc) is 2.56. The molecule has 1 aliphatic rings. The molecule has 0 fully saturated rings. The molecule has 2 N–H and O–H groups in total. The van der Waals surface area contributed by atoms with Crippen LogP contribution in [0.15, 0.2) is 17.0 Å². The highest BCUT2D eigenvalue weighted by molar-refractivity contribution is 7.89. The van der Waals surface area contributed by atoms with Crippen molar-refractivity contribution in [2.45, 2.75) is 38.5 Å². The fourth-order valence-electron chi connectivity index (χ4n) is 2.73. The third kappa shape index (κ3) is 5.17. The van der Waals surface area contributed by atoms with Crippen LogP contribution < -0.4 is 14.8 Å². The molecule has 8 heteroatoms. The van der Waals surface area contributed by atoms with Crippen LogP contribution in [0.5, 0.6) is 5.75 Å². The molecule has 0 saturated heterocycles. The van der Waals surface area contributed by atoms with Gasteiger partial charge in [0.05, 0.1) is 10.6 Å². The largest absolute Gasteiger partial charge is 0.482 e. The van der Waals surface area contributed by atoms with Gasteiger partial charge in [-0.15, -0.1) is 0 Å². The standard InChI is InChI=1S/C17H27N3O4S/c1-4-6-8-20(5-2)9-7-18-25(22,23)16-11-15-14(10-13(16)3)19-17(21)12-24-15/h10-11,18H,4-9,12H2,1-3H3,(H,19,21). The molecule has 0 aliphatic carbocycles. The van der Waals surface area contributed by atoms with E-state index in [9.17, 15) is 13.2 Å². The van der Waals surface area contributed by atoms with Gasteiger partial charge in [-0.05, 0) is 38.1 Å². The smallest absolute Gasteiger partial charge is 0.262 e. The van der Waals surface area contributed by atoms with E-state index in [1.165, 1.54) is 6.07 Å². The highest BCUT2D eigenvalue weighted by Crippen LogP contribution is 2.32. The van der Waals surface area contributed by atoms with Crippen molar-refractivity contribution in [2.24, 2.45) is 0 Å². The second-order valence-electron chi connectivity index (χ2n) is 6.14. The van der Waals surface area contributed by atoms with Crippen LogP contribution in [0.3, 0.4) is 0 Å². The summed E-state index contributed by atoms with van der Waals surface area (Å²) >= 11 is 0. The maximum absolute atomic E-state index is 12.6. The highest BCUT2D eigenvalue weighted by atomic mass is 32.2. The summed E-state index contributed by atoms with van der Waals surface area (Å²) in [6.07, 6.45) is 2.22. The Morgan fingerprint density at radius 2 is 2.04 bits per heavy atom. The van der Waals surface area contributed by atoms with Gasteiger partial charge >= 0.3 is 0 Å². The van der Waals surface area contributed by atoms with Crippen molar-refractivity contribution in [3.8, 4) is 5.75 Å². The molecule has 2 rings (SSSR count). The molecule has 0 radical (unpaired) electrons. The number of benzene rings is 1. The fraction of sp³-hybridized carbons (Fsp3) is 0.588. The SMILES string of the molecule is CCCCN(CC)CCNS(=O)(=O)c1cc2c(cc1C)NC(=O)CO2. The van der Waals surface area contributed by atoms with Gasteiger partial charge in [0.2, 0.25) is 10.0 Å². The van der Waals surface area contributed by atoms with E-state index >= 15 is 0 Å². The van der Waals surface area contributed by atoms with E-state index in [1.54, 1.807) is 13.0 Å². The number of sulfonamides is 1. The maximum atomic E-state index is 12.6. The number of likely N-dealkylation sites (N-methyl/N-ethyl adjacent to an activating group) is 1. The van der Waals surface area contributed by atoms with Crippen molar-refractivity contribution in [3.05, 3.63) is 17.7 Å². The van der Waals surface area contributed by atoms with Crippen LogP contribution in [-0.2, 0) is 14.8 Å². The number of fused-ring (bicyclic) bond motifs is 1. The molecule has 1 aromatic carbocycles. The lowest BCUT2D eigenvalue weighted by Crippen LogP contribution is -2.35. The van der Waals surface area contributed by atoms with E-state index in [2.05, 4.69) is 28.8 Å². The van der Waals surface area contributed by atoms with Gasteiger partial charge in [0.25, 0.3) is 5.91 Å². The number of unbranched alkanes of at least 4 members (excludes halogenated alkanes) is 1. The number of aryl methyl sites for hydroxylation is 1. The lowest BCUT2D eigenvalue weighted by molar-refractivity contribution is -0.118. The molecule has 25 heavy (non-hydrogen) atoms. The van der Waals surface area contributed by atoms with E-state index in [0.717, 1.165) is 25.9 Å². The van der Waals surface area contributed by atoms with Crippen molar-refractivity contribution in [1.82, 2.24) is 9.62 Å². The van der Waals surface area contributed by atoms with Crippen molar-refractivity contribution in [2.75, 3.05) is 38.1 Å². The summed E-state index contributed by atoms with van der Waals surface area (Å²) in [5, 5.41) is 2.68. The van der Waals surface area contributed by atoms with Gasteiger partial charge < -0.3 is 15.0 Å². The van der Waals surface area contributed by atoms with Crippen LogP contribution in [0, 0.1) is 6.92 Å². The average molecular weight is 369 g/mol. The summed E-state index contributed by atoms with van der Waals surface area (Å²) in [6, 6.07) is 3.10. The highest BCUT2D eigenvalue weighted by Gasteiger charge is 2.23. The minimum Gasteiger partial charge on any atom is -0.482 e. The molecular weight excluding hydrogens is 342 g/mol. The van der Waals surface area contributed by atoms with Crippen LogP contribution in [0.4, 0.5) is 5.69 Å². The van der Waals surface area contributed by atoms with Crippen molar-refractivity contribution in [3.63, 3.8) is 0 Å². The normalized spacial score (nSPS) is 14.2. The Hall–Kier alpha value is -1.64. The number of anilines is 1. The predicted molar refractivity (Wildman–Crippen MR) is 97.5 cm³/mol. The van der Waals surface area contributed by atoms with Crippen molar-refractivity contribution in [1.29, 1.82) is 0 Å². The number of carbonyl (C=O) groups excluding carboxylic acids is 1. The molecule has 1 heterocycles. The summed E-state index contributed by atoms with van der Waals surface area (Å²) in [7, 11) is -3.63. The Morgan fingerprint density at radius 1 is 1.28 bits per heavy atom. The number of nitrogens with zero attached hydrogens (tertiary/aromatic N) is 1. The summed E-state index contributed by atoms with van der Waals surface area (Å²) in [5.41, 5.74) is 1.07. The number of hydrogen-bond acceptors (Lipinski definition) is 5.